The number of ether oxygens (including phenoxy) is 2. The first kappa shape index (κ1) is 18.4. The Balaban J connectivity index is 1.51. The molecule has 2 aliphatic rings. The first-order valence-corrected chi connectivity index (χ1v) is 10.5. The van der Waals surface area contributed by atoms with Crippen molar-refractivity contribution in [2.45, 2.75) is 6.92 Å². The van der Waals surface area contributed by atoms with E-state index in [-0.39, 0.29) is 0 Å². The molecule has 0 unspecified atom stereocenters. The Labute approximate surface area is 172 Å². The lowest BCUT2D eigenvalue weighted by molar-refractivity contribution is 0.121. The number of nitrogens with zero attached hydrogens (tertiary/aromatic N) is 8. The molecule has 2 saturated heterocycles. The molecule has 2 aliphatic heterocycles. The predicted octanol–water partition coefficient (Wildman–Crippen LogP) is 1.16. The molecule has 3 aromatic heterocycles. The summed E-state index contributed by atoms with van der Waals surface area (Å²) in [5.41, 5.74) is 1.68. The molecule has 0 radical (unpaired) electrons. The van der Waals surface area contributed by atoms with Crippen molar-refractivity contribution in [3.8, 4) is 16.6 Å². The lowest BCUT2D eigenvalue weighted by Gasteiger charge is -2.30. The van der Waals surface area contributed by atoms with Crippen molar-refractivity contribution < 1.29 is 9.47 Å². The maximum atomic E-state index is 5.48. The summed E-state index contributed by atoms with van der Waals surface area (Å²) in [6.07, 6.45) is 1.91. The first-order chi connectivity index (χ1) is 14.3. The van der Waals surface area contributed by atoms with Crippen LogP contribution in [0.25, 0.3) is 16.6 Å². The number of hydrogen-bond acceptors (Lipinski definition) is 10. The largest absolute Gasteiger partial charge is 0.378 e. The van der Waals surface area contributed by atoms with Gasteiger partial charge in [0.2, 0.25) is 17.0 Å². The van der Waals surface area contributed by atoms with Crippen LogP contribution in [0.15, 0.2) is 17.6 Å². The van der Waals surface area contributed by atoms with Crippen molar-refractivity contribution in [2.24, 2.45) is 0 Å². The summed E-state index contributed by atoms with van der Waals surface area (Å²) < 4.78 is 12.7. The van der Waals surface area contributed by atoms with Gasteiger partial charge in [0.1, 0.15) is 5.69 Å². The highest BCUT2D eigenvalue weighted by atomic mass is 32.1. The molecule has 5 heterocycles. The van der Waals surface area contributed by atoms with Gasteiger partial charge < -0.3 is 19.3 Å². The van der Waals surface area contributed by atoms with E-state index >= 15 is 0 Å². The molecule has 3 aromatic rings. The van der Waals surface area contributed by atoms with Gasteiger partial charge in [-0.15, -0.1) is 11.3 Å². The molecule has 0 spiro atoms. The minimum atomic E-state index is 0.578. The number of thiazole rings is 1. The molecular formula is C18H22N8O2S. The molecule has 0 bridgehead atoms. The molecule has 5 rings (SSSR count). The van der Waals surface area contributed by atoms with E-state index in [0.717, 1.165) is 42.7 Å². The molecule has 29 heavy (non-hydrogen) atoms. The van der Waals surface area contributed by atoms with Crippen LogP contribution in [-0.4, -0.2) is 82.3 Å². The van der Waals surface area contributed by atoms with Gasteiger partial charge in [0.25, 0.3) is 0 Å². The molecule has 2 fully saturated rings. The predicted molar refractivity (Wildman–Crippen MR) is 109 cm³/mol. The van der Waals surface area contributed by atoms with Crippen LogP contribution in [0.2, 0.25) is 0 Å². The summed E-state index contributed by atoms with van der Waals surface area (Å²) in [6.45, 7) is 7.71. The van der Waals surface area contributed by atoms with Crippen LogP contribution in [-0.2, 0) is 9.47 Å². The van der Waals surface area contributed by atoms with Crippen molar-refractivity contribution >= 4 is 23.2 Å². The number of morpholine rings is 2. The van der Waals surface area contributed by atoms with Gasteiger partial charge in [-0.2, -0.15) is 20.1 Å². The Kier molecular flexibility index (Phi) is 5.08. The lowest BCUT2D eigenvalue weighted by Crippen LogP contribution is -2.40. The van der Waals surface area contributed by atoms with Gasteiger partial charge in [0.15, 0.2) is 5.82 Å². The zero-order valence-corrected chi connectivity index (χ0v) is 17.0. The second-order valence-electron chi connectivity index (χ2n) is 6.87. The second kappa shape index (κ2) is 8.01. The zero-order valence-electron chi connectivity index (χ0n) is 16.2. The summed E-state index contributed by atoms with van der Waals surface area (Å²) in [5.74, 6) is 1.92. The van der Waals surface area contributed by atoms with E-state index in [4.69, 9.17) is 29.4 Å². The molecular weight excluding hydrogens is 392 g/mol. The van der Waals surface area contributed by atoms with E-state index in [0.29, 0.717) is 44.1 Å². The van der Waals surface area contributed by atoms with E-state index in [1.165, 1.54) is 11.3 Å². The summed E-state index contributed by atoms with van der Waals surface area (Å²) in [6, 6.07) is 1.96. The van der Waals surface area contributed by atoms with Gasteiger partial charge in [-0.3, -0.25) is 0 Å². The molecule has 0 aliphatic carbocycles. The smallest absolute Gasteiger partial charge is 0.230 e. The van der Waals surface area contributed by atoms with Crippen molar-refractivity contribution in [1.82, 2.24) is 29.7 Å². The van der Waals surface area contributed by atoms with Gasteiger partial charge >= 0.3 is 0 Å². The molecule has 0 saturated carbocycles. The quantitative estimate of drug-likeness (QED) is 0.623. The van der Waals surface area contributed by atoms with Crippen LogP contribution in [0.4, 0.5) is 11.9 Å². The highest BCUT2D eigenvalue weighted by molar-refractivity contribution is 7.12. The molecule has 152 valence electrons. The van der Waals surface area contributed by atoms with Crippen LogP contribution >= 0.6 is 11.3 Å². The Hall–Kier alpha value is -2.63. The van der Waals surface area contributed by atoms with Gasteiger partial charge in [-0.25, -0.2) is 9.67 Å². The fraction of sp³-hybridized carbons (Fsp3) is 0.500. The molecule has 0 atom stereocenters. The number of aryl methyl sites for hydroxylation is 1. The monoisotopic (exact) mass is 414 g/mol. The third kappa shape index (κ3) is 3.93. The van der Waals surface area contributed by atoms with Crippen LogP contribution in [0.1, 0.15) is 5.69 Å². The maximum Gasteiger partial charge on any atom is 0.230 e. The van der Waals surface area contributed by atoms with E-state index in [1.54, 1.807) is 4.68 Å². The summed E-state index contributed by atoms with van der Waals surface area (Å²) in [4.78, 5) is 23.2. The minimum absolute atomic E-state index is 0.578. The maximum absolute atomic E-state index is 5.48. The highest BCUT2D eigenvalue weighted by Crippen LogP contribution is 2.25. The van der Waals surface area contributed by atoms with Crippen LogP contribution in [0.5, 0.6) is 0 Å². The molecule has 0 aromatic carbocycles. The summed E-state index contributed by atoms with van der Waals surface area (Å²) in [5, 5.41) is 7.19. The van der Waals surface area contributed by atoms with Crippen molar-refractivity contribution in [2.75, 3.05) is 62.4 Å². The SMILES string of the molecule is Cc1ccn(-c2nc(-c3nc(N4CCOCC4)nc(N4CCOCC4)n3)cs2)n1. The molecule has 0 amide bonds. The Bertz CT molecular complexity index is 942. The Morgan fingerprint density at radius 1 is 0.862 bits per heavy atom. The van der Waals surface area contributed by atoms with E-state index in [1.807, 2.05) is 24.6 Å². The molecule has 10 nitrogen and oxygen atoms in total. The third-order valence-corrected chi connectivity index (χ3v) is 5.67. The topological polar surface area (TPSA) is 94.3 Å². The highest BCUT2D eigenvalue weighted by Gasteiger charge is 2.22. The second-order valence-corrected chi connectivity index (χ2v) is 7.71. The Morgan fingerprint density at radius 2 is 1.48 bits per heavy atom. The summed E-state index contributed by atoms with van der Waals surface area (Å²) in [7, 11) is 0. The third-order valence-electron chi connectivity index (χ3n) is 4.84. The minimum Gasteiger partial charge on any atom is -0.378 e. The normalized spacial score (nSPS) is 17.7. The van der Waals surface area contributed by atoms with Crippen molar-refractivity contribution in [3.05, 3.63) is 23.3 Å². The van der Waals surface area contributed by atoms with Gasteiger partial charge in [-0.05, 0) is 13.0 Å². The average molecular weight is 414 g/mol. The fourth-order valence-corrected chi connectivity index (χ4v) is 4.01. The zero-order chi connectivity index (χ0) is 19.6. The van der Waals surface area contributed by atoms with Gasteiger partial charge in [0, 0.05) is 37.8 Å². The standard InChI is InChI=1S/C18H22N8O2S/c1-13-2-3-26(23-13)18-19-14(12-29-18)15-20-16(24-4-8-27-9-5-24)22-17(21-15)25-6-10-28-11-7-25/h2-3,12H,4-11H2,1H3. The average Bonchev–Trinajstić information content (AvgIpc) is 3.44. The van der Waals surface area contributed by atoms with Crippen molar-refractivity contribution in [3.63, 3.8) is 0 Å². The lowest BCUT2D eigenvalue weighted by atomic mass is 10.4. The number of rotatable bonds is 4. The summed E-state index contributed by atoms with van der Waals surface area (Å²) >= 11 is 1.52. The first-order valence-electron chi connectivity index (χ1n) is 9.66. The Morgan fingerprint density at radius 3 is 2.03 bits per heavy atom. The fourth-order valence-electron chi connectivity index (χ4n) is 3.27. The van der Waals surface area contributed by atoms with Crippen molar-refractivity contribution in [1.29, 1.82) is 0 Å². The van der Waals surface area contributed by atoms with E-state index in [2.05, 4.69) is 14.9 Å². The molecule has 0 N–H and O–H groups in total. The number of hydrogen-bond donors (Lipinski definition) is 0. The number of anilines is 2. The van der Waals surface area contributed by atoms with E-state index < -0.39 is 0 Å². The van der Waals surface area contributed by atoms with Crippen LogP contribution < -0.4 is 9.80 Å². The van der Waals surface area contributed by atoms with E-state index in [9.17, 15) is 0 Å². The van der Waals surface area contributed by atoms with Crippen LogP contribution in [0, 0.1) is 6.92 Å². The van der Waals surface area contributed by atoms with Crippen LogP contribution in [0.3, 0.4) is 0 Å². The van der Waals surface area contributed by atoms with Gasteiger partial charge in [-0.1, -0.05) is 0 Å². The molecule has 11 heteroatoms. The number of aromatic nitrogens is 6. The van der Waals surface area contributed by atoms with Gasteiger partial charge in [0.05, 0.1) is 32.1 Å².